The van der Waals surface area contributed by atoms with Crippen molar-refractivity contribution in [3.8, 4) is 11.5 Å². The van der Waals surface area contributed by atoms with Crippen LogP contribution in [0.4, 0.5) is 11.4 Å². The Morgan fingerprint density at radius 1 is 0.920 bits per heavy atom. The second-order valence-corrected chi connectivity index (χ2v) is 7.16. The zero-order valence-corrected chi connectivity index (χ0v) is 15.2. The Morgan fingerprint density at radius 3 is 2.52 bits per heavy atom. The molecule has 0 amide bonds. The Balaban J connectivity index is 1.62. The largest absolute Gasteiger partial charge is 0.493 e. The predicted molar refractivity (Wildman–Crippen MR) is 103 cm³/mol. The first-order chi connectivity index (χ1) is 12.2. The molecule has 0 radical (unpaired) electrons. The van der Waals surface area contributed by atoms with E-state index in [0.717, 1.165) is 32.5 Å². The predicted octanol–water partition coefficient (Wildman–Crippen LogP) is 6.14. The third-order valence-electron chi connectivity index (χ3n) is 3.93. The number of hydrogen-bond donors (Lipinski definition) is 1. The Hall–Kier alpha value is -2.30. The van der Waals surface area contributed by atoms with Gasteiger partial charge in [-0.1, -0.05) is 53.7 Å². The monoisotopic (exact) mass is 369 g/mol. The number of rotatable bonds is 4. The van der Waals surface area contributed by atoms with Crippen LogP contribution in [-0.4, -0.2) is 7.11 Å². The summed E-state index contributed by atoms with van der Waals surface area (Å²) < 4.78 is 11.5. The Bertz CT molecular complexity index is 915. The van der Waals surface area contributed by atoms with Gasteiger partial charge in [0.25, 0.3) is 0 Å². The topological polar surface area (TPSA) is 30.5 Å². The van der Waals surface area contributed by atoms with E-state index in [1.165, 1.54) is 0 Å². The highest BCUT2D eigenvalue weighted by Crippen LogP contribution is 2.48. The van der Waals surface area contributed by atoms with E-state index in [4.69, 9.17) is 21.1 Å². The number of halogens is 1. The number of hydrogen-bond acceptors (Lipinski definition) is 4. The quantitative estimate of drug-likeness (QED) is 0.468. The third kappa shape index (κ3) is 3.41. The van der Waals surface area contributed by atoms with Gasteiger partial charge < -0.3 is 14.8 Å². The molecule has 5 heteroatoms. The lowest BCUT2D eigenvalue weighted by atomic mass is 10.2. The summed E-state index contributed by atoms with van der Waals surface area (Å²) in [6.07, 6.45) is 0. The zero-order valence-electron chi connectivity index (χ0n) is 13.6. The van der Waals surface area contributed by atoms with Crippen molar-refractivity contribution in [2.24, 2.45) is 0 Å². The van der Waals surface area contributed by atoms with E-state index in [9.17, 15) is 0 Å². The fraction of sp³-hybridized carbons (Fsp3) is 0.100. The molecule has 126 valence electrons. The lowest BCUT2D eigenvalue weighted by molar-refractivity contribution is 0.284. The zero-order chi connectivity index (χ0) is 17.2. The minimum atomic E-state index is 0.500. The Labute approximate surface area is 155 Å². The van der Waals surface area contributed by atoms with Crippen LogP contribution in [0.3, 0.4) is 0 Å². The van der Waals surface area contributed by atoms with Gasteiger partial charge >= 0.3 is 0 Å². The van der Waals surface area contributed by atoms with Crippen LogP contribution in [0.1, 0.15) is 5.56 Å². The van der Waals surface area contributed by atoms with Gasteiger partial charge in [0.05, 0.1) is 18.5 Å². The van der Waals surface area contributed by atoms with E-state index >= 15 is 0 Å². The van der Waals surface area contributed by atoms with E-state index in [-0.39, 0.29) is 0 Å². The average Bonchev–Trinajstić information content (AvgIpc) is 2.65. The fourth-order valence-electron chi connectivity index (χ4n) is 2.68. The molecular weight excluding hydrogens is 354 g/mol. The first kappa shape index (κ1) is 16.2. The number of fused-ring (bicyclic) bond motifs is 2. The van der Waals surface area contributed by atoms with Crippen LogP contribution in [0.5, 0.6) is 11.5 Å². The maximum atomic E-state index is 6.09. The van der Waals surface area contributed by atoms with E-state index in [0.29, 0.717) is 17.4 Å². The van der Waals surface area contributed by atoms with Gasteiger partial charge in [0, 0.05) is 26.9 Å². The summed E-state index contributed by atoms with van der Waals surface area (Å²) in [7, 11) is 1.65. The normalized spacial score (nSPS) is 11.9. The summed E-state index contributed by atoms with van der Waals surface area (Å²) in [6, 6.07) is 19.9. The van der Waals surface area contributed by atoms with Crippen molar-refractivity contribution in [2.45, 2.75) is 16.4 Å². The maximum absolute atomic E-state index is 6.09. The molecule has 25 heavy (non-hydrogen) atoms. The van der Waals surface area contributed by atoms with Crippen molar-refractivity contribution in [1.82, 2.24) is 0 Å². The number of ether oxygens (including phenoxy) is 2. The van der Waals surface area contributed by atoms with Gasteiger partial charge in [0.15, 0.2) is 11.5 Å². The van der Waals surface area contributed by atoms with E-state index in [2.05, 4.69) is 5.32 Å². The average molecular weight is 370 g/mol. The first-order valence-electron chi connectivity index (χ1n) is 7.86. The molecule has 0 unspecified atom stereocenters. The Kier molecular flexibility index (Phi) is 4.47. The summed E-state index contributed by atoms with van der Waals surface area (Å²) >= 11 is 7.78. The molecule has 0 spiro atoms. The molecule has 4 rings (SSSR count). The highest BCUT2D eigenvalue weighted by atomic mass is 35.5. The standard InChI is InChI=1S/C20H16ClNO2S/c1-23-17-10-16-20(25-19-8-7-14(21)9-15(19)22-16)11-18(17)24-12-13-5-3-2-4-6-13/h2-11,22H,12H2,1H3. The second-order valence-electron chi connectivity index (χ2n) is 5.64. The highest BCUT2D eigenvalue weighted by molar-refractivity contribution is 7.99. The summed E-state index contributed by atoms with van der Waals surface area (Å²) in [4.78, 5) is 2.23. The second kappa shape index (κ2) is 6.90. The molecule has 0 bridgehead atoms. The van der Waals surface area contributed by atoms with Crippen molar-refractivity contribution in [3.05, 3.63) is 71.2 Å². The maximum Gasteiger partial charge on any atom is 0.162 e. The van der Waals surface area contributed by atoms with Gasteiger partial charge in [-0.2, -0.15) is 0 Å². The van der Waals surface area contributed by atoms with Gasteiger partial charge in [0.1, 0.15) is 6.61 Å². The molecular formula is C20H16ClNO2S. The molecule has 3 aromatic rings. The Morgan fingerprint density at radius 2 is 1.72 bits per heavy atom. The molecule has 1 aliphatic heterocycles. The van der Waals surface area contributed by atoms with Crippen LogP contribution in [-0.2, 0) is 6.61 Å². The van der Waals surface area contributed by atoms with E-state index < -0.39 is 0 Å². The van der Waals surface area contributed by atoms with Crippen molar-refractivity contribution >= 4 is 34.7 Å². The van der Waals surface area contributed by atoms with Crippen molar-refractivity contribution in [2.75, 3.05) is 12.4 Å². The third-order valence-corrected chi connectivity index (χ3v) is 5.30. The number of nitrogens with one attached hydrogen (secondary N) is 1. The number of anilines is 2. The fourth-order valence-corrected chi connectivity index (χ4v) is 3.83. The lowest BCUT2D eigenvalue weighted by Crippen LogP contribution is -2.03. The molecule has 1 heterocycles. The molecule has 1 N–H and O–H groups in total. The molecule has 0 aliphatic carbocycles. The molecule has 3 aromatic carbocycles. The van der Waals surface area contributed by atoms with Gasteiger partial charge in [0.2, 0.25) is 0 Å². The van der Waals surface area contributed by atoms with Crippen molar-refractivity contribution < 1.29 is 9.47 Å². The summed E-state index contributed by atoms with van der Waals surface area (Å²) in [5.74, 6) is 1.44. The van der Waals surface area contributed by atoms with E-state index in [1.54, 1.807) is 18.9 Å². The van der Waals surface area contributed by atoms with Crippen LogP contribution in [0.25, 0.3) is 0 Å². The first-order valence-corrected chi connectivity index (χ1v) is 9.05. The lowest BCUT2D eigenvalue weighted by Gasteiger charge is -2.23. The van der Waals surface area contributed by atoms with Crippen molar-refractivity contribution in [3.63, 3.8) is 0 Å². The van der Waals surface area contributed by atoms with Crippen LogP contribution in [0.2, 0.25) is 5.02 Å². The van der Waals surface area contributed by atoms with Crippen LogP contribution >= 0.6 is 23.4 Å². The van der Waals surface area contributed by atoms with Gasteiger partial charge in [-0.3, -0.25) is 0 Å². The summed E-state index contributed by atoms with van der Waals surface area (Å²) in [5, 5.41) is 4.13. The molecule has 0 saturated heterocycles. The number of methoxy groups -OCH3 is 1. The number of benzene rings is 3. The van der Waals surface area contributed by atoms with Crippen LogP contribution in [0, 0.1) is 0 Å². The molecule has 0 aromatic heterocycles. The van der Waals surface area contributed by atoms with Gasteiger partial charge in [-0.25, -0.2) is 0 Å². The van der Waals surface area contributed by atoms with Gasteiger partial charge in [-0.15, -0.1) is 0 Å². The van der Waals surface area contributed by atoms with Crippen LogP contribution < -0.4 is 14.8 Å². The van der Waals surface area contributed by atoms with Crippen molar-refractivity contribution in [1.29, 1.82) is 0 Å². The molecule has 1 aliphatic rings. The smallest absolute Gasteiger partial charge is 0.162 e. The minimum Gasteiger partial charge on any atom is -0.493 e. The molecule has 0 fully saturated rings. The molecule has 0 saturated carbocycles. The summed E-state index contributed by atoms with van der Waals surface area (Å²) in [6.45, 7) is 0.500. The van der Waals surface area contributed by atoms with E-state index in [1.807, 2.05) is 60.7 Å². The SMILES string of the molecule is COc1cc2c(cc1OCc1ccccc1)Sc1ccc(Cl)cc1N2. The summed E-state index contributed by atoms with van der Waals surface area (Å²) in [5.41, 5.74) is 3.11. The molecule has 3 nitrogen and oxygen atoms in total. The van der Waals surface area contributed by atoms with Gasteiger partial charge in [-0.05, 0) is 23.8 Å². The molecule has 0 atom stereocenters. The minimum absolute atomic E-state index is 0.500. The highest BCUT2D eigenvalue weighted by Gasteiger charge is 2.19. The van der Waals surface area contributed by atoms with Crippen LogP contribution in [0.15, 0.2) is 70.5 Å².